The van der Waals surface area contributed by atoms with E-state index in [4.69, 9.17) is 0 Å². The lowest BCUT2D eigenvalue weighted by Gasteiger charge is -2.32. The quantitative estimate of drug-likeness (QED) is 0.629. The van der Waals surface area contributed by atoms with E-state index >= 15 is 0 Å². The molecule has 0 spiro atoms. The molecule has 3 aromatic rings. The molecule has 1 aliphatic rings. The predicted molar refractivity (Wildman–Crippen MR) is 119 cm³/mol. The molecule has 8 heteroatoms. The van der Waals surface area contributed by atoms with Crippen molar-refractivity contribution >= 4 is 54.4 Å². The van der Waals surface area contributed by atoms with E-state index in [2.05, 4.69) is 38.2 Å². The summed E-state index contributed by atoms with van der Waals surface area (Å²) in [5.74, 6) is -0.0608. The predicted octanol–water partition coefficient (Wildman–Crippen LogP) is 3.63. The van der Waals surface area contributed by atoms with E-state index in [0.717, 1.165) is 46.4 Å². The van der Waals surface area contributed by atoms with Crippen molar-refractivity contribution < 1.29 is 9.59 Å². The van der Waals surface area contributed by atoms with Crippen molar-refractivity contribution in [3.8, 4) is 0 Å². The van der Waals surface area contributed by atoms with Crippen molar-refractivity contribution in [3.05, 3.63) is 58.1 Å². The molecule has 0 saturated carbocycles. The summed E-state index contributed by atoms with van der Waals surface area (Å²) in [6, 6.07) is 13.2. The second-order valence-corrected chi connectivity index (χ2v) is 9.09. The monoisotopic (exact) mass is 472 g/mol. The molecule has 6 nitrogen and oxygen atoms in total. The normalized spacial score (nSPS) is 14.9. The number of carbonyl (C=O) groups excluding carboxylic acids is 2. The molecule has 2 aromatic carbocycles. The molecule has 1 aromatic heterocycles. The molecule has 4 rings (SSSR count). The number of anilines is 1. The van der Waals surface area contributed by atoms with Gasteiger partial charge in [-0.2, -0.15) is 0 Å². The third-order valence-corrected chi connectivity index (χ3v) is 6.41. The Hall–Kier alpha value is -2.29. The number of piperazine rings is 1. The molecule has 150 valence electrons. The van der Waals surface area contributed by atoms with Crippen LogP contribution in [0.2, 0.25) is 0 Å². The third-order valence-electron chi connectivity index (χ3n) is 4.95. The van der Waals surface area contributed by atoms with Crippen molar-refractivity contribution in [1.29, 1.82) is 0 Å². The molecule has 0 radical (unpaired) electrons. The molecule has 1 aliphatic heterocycles. The minimum Gasteiger partial charge on any atom is -0.336 e. The number of benzene rings is 2. The van der Waals surface area contributed by atoms with Crippen molar-refractivity contribution in [3.63, 3.8) is 0 Å². The van der Waals surface area contributed by atoms with Crippen LogP contribution in [-0.2, 0) is 11.2 Å². The number of rotatable bonds is 4. The largest absolute Gasteiger partial charge is 0.336 e. The molecule has 29 heavy (non-hydrogen) atoms. The number of carbonyl (C=O) groups is 2. The summed E-state index contributed by atoms with van der Waals surface area (Å²) in [7, 11) is 2.07. The van der Waals surface area contributed by atoms with Crippen molar-refractivity contribution in [2.24, 2.45) is 0 Å². The fourth-order valence-electron chi connectivity index (χ4n) is 3.25. The van der Waals surface area contributed by atoms with Crippen LogP contribution in [0, 0.1) is 0 Å². The maximum Gasteiger partial charge on any atom is 0.253 e. The Morgan fingerprint density at radius 2 is 1.83 bits per heavy atom. The molecule has 0 aliphatic carbocycles. The standard InChI is InChI=1S/C21H21BrN4O2S/c1-25-8-10-26(11-9-25)20(28)15-4-7-17-18(13-15)29-21(23-17)24-19(27)12-14-2-5-16(22)6-3-14/h2-7,13H,8-12H2,1H3,(H,23,24,27). The molecule has 1 N–H and O–H groups in total. The summed E-state index contributed by atoms with van der Waals surface area (Å²) in [4.78, 5) is 33.7. The van der Waals surface area contributed by atoms with Gasteiger partial charge in [0.25, 0.3) is 5.91 Å². The third kappa shape index (κ3) is 4.83. The minimum absolute atomic E-state index is 0.0502. The molecular formula is C21H21BrN4O2S. The molecule has 2 heterocycles. The topological polar surface area (TPSA) is 65.5 Å². The van der Waals surface area contributed by atoms with E-state index < -0.39 is 0 Å². The van der Waals surface area contributed by atoms with Crippen LogP contribution < -0.4 is 5.32 Å². The van der Waals surface area contributed by atoms with Gasteiger partial charge in [-0.15, -0.1) is 0 Å². The lowest BCUT2D eigenvalue weighted by atomic mass is 10.1. The summed E-state index contributed by atoms with van der Waals surface area (Å²) in [6.45, 7) is 3.27. The van der Waals surface area contributed by atoms with E-state index in [9.17, 15) is 9.59 Å². The van der Waals surface area contributed by atoms with E-state index in [1.165, 1.54) is 11.3 Å². The van der Waals surface area contributed by atoms with Crippen LogP contribution in [0.4, 0.5) is 5.13 Å². The van der Waals surface area contributed by atoms with Crippen LogP contribution in [0.15, 0.2) is 46.9 Å². The lowest BCUT2D eigenvalue weighted by molar-refractivity contribution is -0.115. The first kappa shape index (κ1) is 20.0. The average molecular weight is 473 g/mol. The zero-order valence-electron chi connectivity index (χ0n) is 16.0. The highest BCUT2D eigenvalue weighted by Crippen LogP contribution is 2.27. The number of hydrogen-bond acceptors (Lipinski definition) is 5. The van der Waals surface area contributed by atoms with Gasteiger partial charge in [0.05, 0.1) is 16.6 Å². The number of nitrogens with zero attached hydrogens (tertiary/aromatic N) is 3. The van der Waals surface area contributed by atoms with Gasteiger partial charge in [0.15, 0.2) is 5.13 Å². The number of thiazole rings is 1. The fourth-order valence-corrected chi connectivity index (χ4v) is 4.44. The zero-order valence-corrected chi connectivity index (χ0v) is 18.4. The van der Waals surface area contributed by atoms with Gasteiger partial charge in [-0.25, -0.2) is 4.98 Å². The maximum atomic E-state index is 12.8. The Bertz CT molecular complexity index is 1040. The number of aromatic nitrogens is 1. The van der Waals surface area contributed by atoms with Gasteiger partial charge in [-0.3, -0.25) is 9.59 Å². The first-order chi connectivity index (χ1) is 14.0. The number of likely N-dealkylation sites (N-methyl/N-ethyl adjacent to an activating group) is 1. The Balaban J connectivity index is 1.44. The molecule has 0 atom stereocenters. The summed E-state index contributed by atoms with van der Waals surface area (Å²) >= 11 is 4.78. The fraction of sp³-hybridized carbons (Fsp3) is 0.286. The highest BCUT2D eigenvalue weighted by molar-refractivity contribution is 9.10. The zero-order chi connectivity index (χ0) is 20.4. The number of halogens is 1. The van der Waals surface area contributed by atoms with Crippen LogP contribution in [0.25, 0.3) is 10.2 Å². The Morgan fingerprint density at radius 3 is 2.55 bits per heavy atom. The van der Waals surface area contributed by atoms with E-state index in [1.54, 1.807) is 0 Å². The van der Waals surface area contributed by atoms with E-state index in [1.807, 2.05) is 47.4 Å². The first-order valence-corrected chi connectivity index (χ1v) is 11.0. The van der Waals surface area contributed by atoms with Crippen LogP contribution in [0.5, 0.6) is 0 Å². The van der Waals surface area contributed by atoms with Gasteiger partial charge in [0.1, 0.15) is 0 Å². The Kier molecular flexibility index (Phi) is 5.94. The van der Waals surface area contributed by atoms with Crippen LogP contribution >= 0.6 is 27.3 Å². The SMILES string of the molecule is CN1CCN(C(=O)c2ccc3nc(NC(=O)Cc4ccc(Br)cc4)sc3c2)CC1. The van der Waals surface area contributed by atoms with E-state index in [-0.39, 0.29) is 18.2 Å². The number of hydrogen-bond donors (Lipinski definition) is 1. The van der Waals surface area contributed by atoms with Crippen molar-refractivity contribution in [2.75, 3.05) is 38.5 Å². The summed E-state index contributed by atoms with van der Waals surface area (Å²) in [5, 5.41) is 3.41. The smallest absolute Gasteiger partial charge is 0.253 e. The molecule has 1 saturated heterocycles. The molecule has 0 unspecified atom stereocenters. The van der Waals surface area contributed by atoms with Gasteiger partial charge in [0, 0.05) is 36.2 Å². The molecule has 0 bridgehead atoms. The summed E-state index contributed by atoms with van der Waals surface area (Å²) in [5.41, 5.74) is 2.38. The second-order valence-electron chi connectivity index (χ2n) is 7.15. The van der Waals surface area contributed by atoms with Crippen LogP contribution in [0.1, 0.15) is 15.9 Å². The first-order valence-electron chi connectivity index (χ1n) is 9.40. The highest BCUT2D eigenvalue weighted by atomic mass is 79.9. The van der Waals surface area contributed by atoms with Gasteiger partial charge < -0.3 is 15.1 Å². The van der Waals surface area contributed by atoms with Crippen molar-refractivity contribution in [2.45, 2.75) is 6.42 Å². The summed E-state index contributed by atoms with van der Waals surface area (Å²) in [6.07, 6.45) is 0.288. The summed E-state index contributed by atoms with van der Waals surface area (Å²) < 4.78 is 1.87. The van der Waals surface area contributed by atoms with Crippen LogP contribution in [-0.4, -0.2) is 59.8 Å². The average Bonchev–Trinajstić information content (AvgIpc) is 3.11. The minimum atomic E-state index is -0.111. The Labute approximate surface area is 181 Å². The number of fused-ring (bicyclic) bond motifs is 1. The number of nitrogens with one attached hydrogen (secondary N) is 1. The molecule has 2 amide bonds. The van der Waals surface area contributed by atoms with Crippen LogP contribution in [0.3, 0.4) is 0 Å². The highest BCUT2D eigenvalue weighted by Gasteiger charge is 2.21. The lowest BCUT2D eigenvalue weighted by Crippen LogP contribution is -2.47. The van der Waals surface area contributed by atoms with Gasteiger partial charge in [-0.05, 0) is 42.9 Å². The Morgan fingerprint density at radius 1 is 1.10 bits per heavy atom. The number of amides is 2. The maximum absolute atomic E-state index is 12.8. The van der Waals surface area contributed by atoms with E-state index in [0.29, 0.717) is 10.7 Å². The second kappa shape index (κ2) is 8.61. The van der Waals surface area contributed by atoms with Crippen molar-refractivity contribution in [1.82, 2.24) is 14.8 Å². The molecular weight excluding hydrogens is 452 g/mol. The molecule has 1 fully saturated rings. The van der Waals surface area contributed by atoms with Gasteiger partial charge in [-0.1, -0.05) is 39.4 Å². The van der Waals surface area contributed by atoms with Gasteiger partial charge >= 0.3 is 0 Å². The van der Waals surface area contributed by atoms with Gasteiger partial charge in [0.2, 0.25) is 5.91 Å².